The van der Waals surface area contributed by atoms with E-state index < -0.39 is 11.7 Å². The number of hydrogen-bond donors (Lipinski definition) is 0. The van der Waals surface area contributed by atoms with E-state index in [-0.39, 0.29) is 10.6 Å². The van der Waals surface area contributed by atoms with Crippen LogP contribution in [0.25, 0.3) is 11.1 Å². The van der Waals surface area contributed by atoms with Crippen molar-refractivity contribution >= 4 is 11.6 Å². The summed E-state index contributed by atoms with van der Waals surface area (Å²) in [6.45, 7) is 0. The highest BCUT2D eigenvalue weighted by Crippen LogP contribution is 2.38. The summed E-state index contributed by atoms with van der Waals surface area (Å²) in [5.41, 5.74) is -0.199. The molecule has 0 aliphatic rings. The number of aromatic nitrogens is 1. The monoisotopic (exact) mass is 257 g/mol. The Morgan fingerprint density at radius 3 is 2.24 bits per heavy atom. The fraction of sp³-hybridized carbons (Fsp3) is 0.0833. The molecule has 0 fully saturated rings. The zero-order chi connectivity index (χ0) is 12.5. The SMILES string of the molecule is FC(F)(F)c1ccc(Cl)cc1-c1ccncc1. The van der Waals surface area contributed by atoms with Crippen molar-refractivity contribution in [3.63, 3.8) is 0 Å². The third-order valence-electron chi connectivity index (χ3n) is 2.28. The first-order valence-electron chi connectivity index (χ1n) is 4.75. The first kappa shape index (κ1) is 11.9. The molecular weight excluding hydrogens is 251 g/mol. The van der Waals surface area contributed by atoms with Crippen LogP contribution in [0.4, 0.5) is 13.2 Å². The fourth-order valence-electron chi connectivity index (χ4n) is 1.53. The number of pyridine rings is 1. The zero-order valence-corrected chi connectivity index (χ0v) is 9.26. The van der Waals surface area contributed by atoms with Crippen molar-refractivity contribution in [2.75, 3.05) is 0 Å². The molecule has 0 bridgehead atoms. The van der Waals surface area contributed by atoms with Gasteiger partial charge in [-0.05, 0) is 41.5 Å². The minimum absolute atomic E-state index is 0.0624. The van der Waals surface area contributed by atoms with E-state index >= 15 is 0 Å². The Labute approximate surface area is 101 Å². The van der Waals surface area contributed by atoms with E-state index in [9.17, 15) is 13.2 Å². The zero-order valence-electron chi connectivity index (χ0n) is 8.50. The second kappa shape index (κ2) is 4.37. The summed E-state index contributed by atoms with van der Waals surface area (Å²) in [6.07, 6.45) is -1.52. The number of alkyl halides is 3. The maximum Gasteiger partial charge on any atom is 0.417 e. The molecule has 17 heavy (non-hydrogen) atoms. The molecule has 0 atom stereocenters. The predicted molar refractivity (Wildman–Crippen MR) is 59.7 cm³/mol. The highest BCUT2D eigenvalue weighted by atomic mass is 35.5. The first-order valence-corrected chi connectivity index (χ1v) is 5.13. The molecule has 1 nitrogen and oxygen atoms in total. The Morgan fingerprint density at radius 2 is 1.65 bits per heavy atom. The van der Waals surface area contributed by atoms with E-state index in [0.717, 1.165) is 6.07 Å². The van der Waals surface area contributed by atoms with Crippen LogP contribution in [0.1, 0.15) is 5.56 Å². The number of halogens is 4. The number of benzene rings is 1. The van der Waals surface area contributed by atoms with Gasteiger partial charge in [0, 0.05) is 17.4 Å². The molecular formula is C12H7ClF3N. The largest absolute Gasteiger partial charge is 0.417 e. The van der Waals surface area contributed by atoms with Gasteiger partial charge >= 0.3 is 6.18 Å². The Bertz CT molecular complexity index is 523. The van der Waals surface area contributed by atoms with Crippen molar-refractivity contribution in [1.29, 1.82) is 0 Å². The van der Waals surface area contributed by atoms with E-state index in [1.165, 1.54) is 36.7 Å². The molecule has 0 unspecified atom stereocenters. The van der Waals surface area contributed by atoms with Gasteiger partial charge < -0.3 is 0 Å². The summed E-state index contributed by atoms with van der Waals surface area (Å²) < 4.78 is 38.4. The molecule has 88 valence electrons. The first-order chi connectivity index (χ1) is 7.98. The second-order valence-corrected chi connectivity index (χ2v) is 3.86. The molecule has 1 aromatic heterocycles. The van der Waals surface area contributed by atoms with Crippen LogP contribution in [0.15, 0.2) is 42.7 Å². The highest BCUT2D eigenvalue weighted by molar-refractivity contribution is 6.30. The van der Waals surface area contributed by atoms with E-state index in [2.05, 4.69) is 4.98 Å². The van der Waals surface area contributed by atoms with Crippen molar-refractivity contribution in [1.82, 2.24) is 4.98 Å². The Kier molecular flexibility index (Phi) is 3.07. The van der Waals surface area contributed by atoms with Crippen LogP contribution in [0.3, 0.4) is 0 Å². The van der Waals surface area contributed by atoms with Crippen molar-refractivity contribution in [3.8, 4) is 11.1 Å². The highest BCUT2D eigenvalue weighted by Gasteiger charge is 2.33. The molecule has 0 aliphatic carbocycles. The maximum atomic E-state index is 12.8. The Hall–Kier alpha value is -1.55. The van der Waals surface area contributed by atoms with Crippen LogP contribution >= 0.6 is 11.6 Å². The molecule has 0 amide bonds. The van der Waals surface area contributed by atoms with E-state index in [1.54, 1.807) is 0 Å². The third kappa shape index (κ3) is 2.58. The van der Waals surface area contributed by atoms with Gasteiger partial charge in [0.25, 0.3) is 0 Å². The van der Waals surface area contributed by atoms with Crippen LogP contribution in [0.5, 0.6) is 0 Å². The predicted octanol–water partition coefficient (Wildman–Crippen LogP) is 4.42. The molecule has 2 rings (SSSR count). The van der Waals surface area contributed by atoms with Crippen molar-refractivity contribution in [2.24, 2.45) is 0 Å². The number of rotatable bonds is 1. The normalized spacial score (nSPS) is 11.5. The molecule has 5 heteroatoms. The minimum atomic E-state index is -4.40. The fourth-order valence-corrected chi connectivity index (χ4v) is 1.71. The summed E-state index contributed by atoms with van der Waals surface area (Å²) in [7, 11) is 0. The summed E-state index contributed by atoms with van der Waals surface area (Å²) in [5, 5.41) is 0.268. The summed E-state index contributed by atoms with van der Waals surface area (Å²) in [5.74, 6) is 0. The minimum Gasteiger partial charge on any atom is -0.265 e. The molecule has 0 saturated carbocycles. The molecule has 0 radical (unpaired) electrons. The second-order valence-electron chi connectivity index (χ2n) is 3.42. The van der Waals surface area contributed by atoms with Crippen LogP contribution in [0.2, 0.25) is 5.02 Å². The average molecular weight is 258 g/mol. The molecule has 1 aromatic carbocycles. The van der Waals surface area contributed by atoms with Crippen molar-refractivity contribution < 1.29 is 13.2 Å². The van der Waals surface area contributed by atoms with Gasteiger partial charge in [-0.25, -0.2) is 0 Å². The lowest BCUT2D eigenvalue weighted by atomic mass is 10.0. The van der Waals surface area contributed by atoms with Crippen molar-refractivity contribution in [3.05, 3.63) is 53.3 Å². The summed E-state index contributed by atoms with van der Waals surface area (Å²) >= 11 is 5.73. The Morgan fingerprint density at radius 1 is 1.00 bits per heavy atom. The van der Waals surface area contributed by atoms with Crippen LogP contribution < -0.4 is 0 Å². The number of nitrogens with zero attached hydrogens (tertiary/aromatic N) is 1. The number of hydrogen-bond acceptors (Lipinski definition) is 1. The van der Waals surface area contributed by atoms with Gasteiger partial charge in [-0.2, -0.15) is 13.2 Å². The van der Waals surface area contributed by atoms with Crippen LogP contribution in [0, 0.1) is 0 Å². The van der Waals surface area contributed by atoms with E-state index in [0.29, 0.717) is 5.56 Å². The Balaban J connectivity index is 2.64. The van der Waals surface area contributed by atoms with Gasteiger partial charge in [0.15, 0.2) is 0 Å². The molecule has 0 aliphatic heterocycles. The van der Waals surface area contributed by atoms with Gasteiger partial charge in [-0.15, -0.1) is 0 Å². The molecule has 0 N–H and O–H groups in total. The lowest BCUT2D eigenvalue weighted by Crippen LogP contribution is -2.07. The van der Waals surface area contributed by atoms with E-state index in [1.807, 2.05) is 0 Å². The molecule has 0 saturated heterocycles. The lowest BCUT2D eigenvalue weighted by molar-refractivity contribution is -0.137. The smallest absolute Gasteiger partial charge is 0.265 e. The standard InChI is InChI=1S/C12H7ClF3N/c13-9-1-2-11(12(14,15)16)10(7-9)8-3-5-17-6-4-8/h1-7H. The van der Waals surface area contributed by atoms with E-state index in [4.69, 9.17) is 11.6 Å². The third-order valence-corrected chi connectivity index (χ3v) is 2.51. The average Bonchev–Trinajstić information content (AvgIpc) is 2.28. The van der Waals surface area contributed by atoms with Crippen LogP contribution in [-0.4, -0.2) is 4.98 Å². The van der Waals surface area contributed by atoms with Gasteiger partial charge in [-0.1, -0.05) is 11.6 Å². The van der Waals surface area contributed by atoms with Crippen molar-refractivity contribution in [2.45, 2.75) is 6.18 Å². The summed E-state index contributed by atoms with van der Waals surface area (Å²) in [6, 6.07) is 6.55. The van der Waals surface area contributed by atoms with Gasteiger partial charge in [0.2, 0.25) is 0 Å². The quantitative estimate of drug-likeness (QED) is 0.737. The molecule has 0 spiro atoms. The topological polar surface area (TPSA) is 12.9 Å². The van der Waals surface area contributed by atoms with Crippen LogP contribution in [-0.2, 0) is 6.18 Å². The maximum absolute atomic E-state index is 12.8. The van der Waals surface area contributed by atoms with Gasteiger partial charge in [0.1, 0.15) is 0 Å². The van der Waals surface area contributed by atoms with Gasteiger partial charge in [-0.3, -0.25) is 4.98 Å². The molecule has 1 heterocycles. The summed E-state index contributed by atoms with van der Waals surface area (Å²) in [4.78, 5) is 3.77. The lowest BCUT2D eigenvalue weighted by Gasteiger charge is -2.13. The van der Waals surface area contributed by atoms with Gasteiger partial charge in [0.05, 0.1) is 5.56 Å². The molecule has 2 aromatic rings.